The molecule has 4 N–H and O–H groups in total. The summed E-state index contributed by atoms with van der Waals surface area (Å²) < 4.78 is 23.0. The van der Waals surface area contributed by atoms with Crippen LogP contribution in [0.5, 0.6) is 0 Å². The summed E-state index contributed by atoms with van der Waals surface area (Å²) in [6.07, 6.45) is 53.7. The Morgan fingerprint density at radius 3 is 1.21 bits per heavy atom. The van der Waals surface area contributed by atoms with E-state index in [1.165, 1.54) is 225 Å². The van der Waals surface area contributed by atoms with Gasteiger partial charge < -0.3 is 39.4 Å². The number of ether oxygens (including phenoxy) is 4. The lowest BCUT2D eigenvalue weighted by Crippen LogP contribution is -2.59. The highest BCUT2D eigenvalue weighted by Crippen LogP contribution is 2.23. The van der Waals surface area contributed by atoms with E-state index >= 15 is 0 Å². The van der Waals surface area contributed by atoms with Crippen molar-refractivity contribution in [1.82, 2.24) is 0 Å². The molecule has 0 amide bonds. The van der Waals surface area contributed by atoms with Crippen molar-refractivity contribution in [3.8, 4) is 0 Å². The number of hydrogen-bond donors (Lipinski definition) is 4. The maximum Gasteiger partial charge on any atom is 0.306 e. The normalized spacial score (nSPS) is 19.3. The van der Waals surface area contributed by atoms with Crippen LogP contribution in [0.1, 0.15) is 277 Å². The van der Waals surface area contributed by atoms with Crippen molar-refractivity contribution in [2.45, 2.75) is 314 Å². The SMILES string of the molecule is CCCCCCCCC/C=C\CCCCCCCCCCOCC(COC1OC(CO)C(O)C(O)C1O)OC(=O)CCCCCCCCCCCCCCC/C=C\CCCCCCCCCC. The van der Waals surface area contributed by atoms with Gasteiger partial charge in [-0.05, 0) is 64.2 Å². The third-order valence-corrected chi connectivity index (χ3v) is 13.6. The fourth-order valence-electron chi connectivity index (χ4n) is 9.07. The predicted octanol–water partition coefficient (Wildman–Crippen LogP) is 14.9. The molecule has 1 fully saturated rings. The topological polar surface area (TPSA) is 135 Å². The van der Waals surface area contributed by atoms with E-state index in [1.54, 1.807) is 0 Å². The maximum absolute atomic E-state index is 12.9. The van der Waals surface area contributed by atoms with Gasteiger partial charge >= 0.3 is 5.97 Å². The molecule has 1 heterocycles. The van der Waals surface area contributed by atoms with E-state index in [4.69, 9.17) is 18.9 Å². The highest BCUT2D eigenvalue weighted by molar-refractivity contribution is 5.69. The van der Waals surface area contributed by atoms with E-state index in [2.05, 4.69) is 38.2 Å². The third kappa shape index (κ3) is 40.0. The van der Waals surface area contributed by atoms with Gasteiger partial charge in [0.1, 0.15) is 30.5 Å². The number of aliphatic hydroxyl groups excluding tert-OH is 4. The zero-order valence-electron chi connectivity index (χ0n) is 43.9. The second-order valence-electron chi connectivity index (χ2n) is 20.1. The highest BCUT2D eigenvalue weighted by Gasteiger charge is 2.44. The molecule has 6 unspecified atom stereocenters. The smallest absolute Gasteiger partial charge is 0.306 e. The molecular formula is C58H110O9. The number of hydrogen-bond acceptors (Lipinski definition) is 9. The fraction of sp³-hybridized carbons (Fsp3) is 0.914. The van der Waals surface area contributed by atoms with Gasteiger partial charge in [-0.3, -0.25) is 4.79 Å². The van der Waals surface area contributed by atoms with Crippen molar-refractivity contribution >= 4 is 5.97 Å². The van der Waals surface area contributed by atoms with Crippen LogP contribution in [-0.4, -0.2) is 89.6 Å². The van der Waals surface area contributed by atoms with Gasteiger partial charge in [-0.1, -0.05) is 231 Å². The van der Waals surface area contributed by atoms with Crippen LogP contribution >= 0.6 is 0 Å². The average Bonchev–Trinajstić information content (AvgIpc) is 3.33. The Bertz CT molecular complexity index is 1080. The van der Waals surface area contributed by atoms with Crippen molar-refractivity contribution < 1.29 is 44.2 Å². The van der Waals surface area contributed by atoms with Crippen LogP contribution in [-0.2, 0) is 23.7 Å². The molecule has 0 aromatic carbocycles. The van der Waals surface area contributed by atoms with E-state index in [1.807, 2.05) is 0 Å². The predicted molar refractivity (Wildman–Crippen MR) is 279 cm³/mol. The molecule has 1 saturated heterocycles. The number of carbonyl (C=O) groups is 1. The number of allylic oxidation sites excluding steroid dienone is 4. The third-order valence-electron chi connectivity index (χ3n) is 13.6. The van der Waals surface area contributed by atoms with Crippen LogP contribution in [0.25, 0.3) is 0 Å². The van der Waals surface area contributed by atoms with Crippen LogP contribution in [0.2, 0.25) is 0 Å². The summed E-state index contributed by atoms with van der Waals surface area (Å²) in [5.74, 6) is -0.309. The first kappa shape index (κ1) is 63.7. The van der Waals surface area contributed by atoms with Gasteiger partial charge in [-0.15, -0.1) is 0 Å². The molecule has 1 rings (SSSR count). The molecule has 0 spiro atoms. The molecule has 6 atom stereocenters. The van der Waals surface area contributed by atoms with Crippen LogP contribution in [0.15, 0.2) is 24.3 Å². The van der Waals surface area contributed by atoms with Crippen LogP contribution in [0.4, 0.5) is 0 Å². The van der Waals surface area contributed by atoms with Crippen molar-refractivity contribution in [2.24, 2.45) is 0 Å². The van der Waals surface area contributed by atoms with Gasteiger partial charge in [0.05, 0.1) is 19.8 Å². The van der Waals surface area contributed by atoms with Crippen molar-refractivity contribution in [3.63, 3.8) is 0 Å². The molecule has 0 saturated carbocycles. The standard InChI is InChI=1S/C58H110O9/c1-3-5-7-9-11-13-15-17-19-21-23-24-25-26-27-28-29-31-33-35-37-39-41-43-45-47-54(60)66-52(51-65-58-57(63)56(62)55(61)53(49-59)67-58)50-64-48-46-44-42-40-38-36-34-32-30-22-20-18-16-14-12-10-8-6-4-2/h20-23,52-53,55-59,61-63H,3-19,24-51H2,1-2H3/b22-20-,23-21-. The minimum absolute atomic E-state index is 0.111. The minimum Gasteiger partial charge on any atom is -0.457 e. The Labute approximate surface area is 413 Å². The summed E-state index contributed by atoms with van der Waals surface area (Å²) in [5.41, 5.74) is 0. The van der Waals surface area contributed by atoms with Gasteiger partial charge in [0.25, 0.3) is 0 Å². The van der Waals surface area contributed by atoms with Crippen LogP contribution in [0, 0.1) is 0 Å². The number of esters is 1. The first-order valence-electron chi connectivity index (χ1n) is 28.9. The Kier molecular flexibility index (Phi) is 47.2. The molecule has 0 bridgehead atoms. The monoisotopic (exact) mass is 951 g/mol. The Hall–Kier alpha value is -1.33. The summed E-state index contributed by atoms with van der Waals surface area (Å²) in [6, 6.07) is 0. The quantitative estimate of drug-likeness (QED) is 0.0267. The second-order valence-corrected chi connectivity index (χ2v) is 20.1. The highest BCUT2D eigenvalue weighted by atomic mass is 16.7. The lowest BCUT2D eigenvalue weighted by atomic mass is 9.99. The second kappa shape index (κ2) is 49.6. The van der Waals surface area contributed by atoms with Crippen molar-refractivity contribution in [3.05, 3.63) is 24.3 Å². The molecule has 0 aromatic heterocycles. The number of aliphatic hydroxyl groups is 4. The van der Waals surface area contributed by atoms with Crippen molar-refractivity contribution in [1.29, 1.82) is 0 Å². The largest absolute Gasteiger partial charge is 0.457 e. The molecule has 0 radical (unpaired) electrons. The zero-order chi connectivity index (χ0) is 48.5. The minimum atomic E-state index is -1.54. The Balaban J connectivity index is 2.14. The number of unbranched alkanes of at least 4 members (excludes halogenated alkanes) is 36. The first-order chi connectivity index (χ1) is 32.9. The van der Waals surface area contributed by atoms with Gasteiger partial charge in [0.15, 0.2) is 6.29 Å². The Morgan fingerprint density at radius 2 is 0.821 bits per heavy atom. The maximum atomic E-state index is 12.9. The van der Waals surface area contributed by atoms with Crippen molar-refractivity contribution in [2.75, 3.05) is 26.4 Å². The molecule has 396 valence electrons. The zero-order valence-corrected chi connectivity index (χ0v) is 43.9. The molecule has 0 aromatic rings. The summed E-state index contributed by atoms with van der Waals surface area (Å²) in [4.78, 5) is 12.9. The van der Waals surface area contributed by atoms with Gasteiger partial charge in [-0.2, -0.15) is 0 Å². The molecule has 67 heavy (non-hydrogen) atoms. The summed E-state index contributed by atoms with van der Waals surface area (Å²) in [5, 5.41) is 40.3. The molecule has 0 aliphatic carbocycles. The fourth-order valence-corrected chi connectivity index (χ4v) is 9.07. The average molecular weight is 952 g/mol. The summed E-state index contributed by atoms with van der Waals surface area (Å²) in [6.45, 7) is 4.60. The van der Waals surface area contributed by atoms with Gasteiger partial charge in [0, 0.05) is 13.0 Å². The number of rotatable bonds is 51. The van der Waals surface area contributed by atoms with E-state index in [0.717, 1.165) is 32.1 Å². The van der Waals surface area contributed by atoms with E-state index in [9.17, 15) is 25.2 Å². The lowest BCUT2D eigenvalue weighted by molar-refractivity contribution is -0.305. The van der Waals surface area contributed by atoms with E-state index < -0.39 is 43.4 Å². The van der Waals surface area contributed by atoms with E-state index in [-0.39, 0.29) is 19.2 Å². The van der Waals surface area contributed by atoms with Crippen LogP contribution in [0.3, 0.4) is 0 Å². The first-order valence-corrected chi connectivity index (χ1v) is 28.9. The molecule has 1 aliphatic heterocycles. The van der Waals surface area contributed by atoms with E-state index in [0.29, 0.717) is 13.0 Å². The molecule has 9 heteroatoms. The van der Waals surface area contributed by atoms with Gasteiger partial charge in [-0.25, -0.2) is 0 Å². The summed E-state index contributed by atoms with van der Waals surface area (Å²) >= 11 is 0. The molecular weight excluding hydrogens is 841 g/mol. The molecule has 1 aliphatic rings. The van der Waals surface area contributed by atoms with Gasteiger partial charge in [0.2, 0.25) is 0 Å². The number of carbonyl (C=O) groups excluding carboxylic acids is 1. The van der Waals surface area contributed by atoms with Crippen LogP contribution < -0.4 is 0 Å². The summed E-state index contributed by atoms with van der Waals surface area (Å²) in [7, 11) is 0. The Morgan fingerprint density at radius 1 is 0.463 bits per heavy atom. The molecule has 9 nitrogen and oxygen atoms in total. The lowest BCUT2D eigenvalue weighted by Gasteiger charge is -2.39.